The first kappa shape index (κ1) is 16.9. The van der Waals surface area contributed by atoms with Crippen molar-refractivity contribution in [1.29, 1.82) is 0 Å². The van der Waals surface area contributed by atoms with Crippen LogP contribution < -0.4 is 5.32 Å². The van der Waals surface area contributed by atoms with Gasteiger partial charge in [-0.1, -0.05) is 40.0 Å². The molecule has 0 aromatic rings. The molecule has 122 valence electrons. The molecule has 1 aliphatic carbocycles. The zero-order valence-corrected chi connectivity index (χ0v) is 14.5. The van der Waals surface area contributed by atoms with Crippen LogP contribution in [0.4, 0.5) is 0 Å². The lowest BCUT2D eigenvalue weighted by molar-refractivity contribution is -0.131. The van der Waals surface area contributed by atoms with E-state index in [1.165, 1.54) is 25.7 Å². The van der Waals surface area contributed by atoms with Gasteiger partial charge in [0.05, 0.1) is 12.2 Å². The highest BCUT2D eigenvalue weighted by Crippen LogP contribution is 2.33. The molecule has 1 aliphatic heterocycles. The van der Waals surface area contributed by atoms with Gasteiger partial charge >= 0.3 is 0 Å². The van der Waals surface area contributed by atoms with Gasteiger partial charge in [0.2, 0.25) is 5.91 Å². The summed E-state index contributed by atoms with van der Waals surface area (Å²) in [6.07, 6.45) is 6.17. The summed E-state index contributed by atoms with van der Waals surface area (Å²) in [6, 6.07) is -0.0457. The normalized spacial score (nSPS) is 30.0. The van der Waals surface area contributed by atoms with E-state index in [2.05, 4.69) is 19.2 Å². The summed E-state index contributed by atoms with van der Waals surface area (Å²) in [7, 11) is -0.800. The molecular formula is C16H30N2O2S. The fourth-order valence-corrected chi connectivity index (χ4v) is 4.25. The van der Waals surface area contributed by atoms with Gasteiger partial charge in [-0.2, -0.15) is 0 Å². The molecule has 0 radical (unpaired) electrons. The van der Waals surface area contributed by atoms with Crippen LogP contribution in [0.15, 0.2) is 0 Å². The largest absolute Gasteiger partial charge is 0.325 e. The summed E-state index contributed by atoms with van der Waals surface area (Å²) >= 11 is 0. The molecule has 4 nitrogen and oxygen atoms in total. The van der Waals surface area contributed by atoms with Gasteiger partial charge in [0.1, 0.15) is 0 Å². The van der Waals surface area contributed by atoms with Crippen molar-refractivity contribution in [3.63, 3.8) is 0 Å². The number of nitrogens with one attached hydrogen (secondary N) is 1. The lowest BCUT2D eigenvalue weighted by Crippen LogP contribution is -2.44. The van der Waals surface area contributed by atoms with Gasteiger partial charge in [0, 0.05) is 28.9 Å². The first-order valence-electron chi connectivity index (χ1n) is 8.50. The Kier molecular flexibility index (Phi) is 6.23. The Balaban J connectivity index is 2.07. The van der Waals surface area contributed by atoms with Crippen molar-refractivity contribution in [1.82, 2.24) is 10.2 Å². The zero-order valence-electron chi connectivity index (χ0n) is 13.6. The van der Waals surface area contributed by atoms with E-state index < -0.39 is 10.8 Å². The van der Waals surface area contributed by atoms with Crippen LogP contribution in [0.5, 0.6) is 0 Å². The first-order valence-corrected chi connectivity index (χ1v) is 9.98. The van der Waals surface area contributed by atoms with E-state index >= 15 is 0 Å². The zero-order chi connectivity index (χ0) is 15.4. The maximum atomic E-state index is 12.7. The predicted molar refractivity (Wildman–Crippen MR) is 87.4 cm³/mol. The Bertz CT molecular complexity index is 382. The molecule has 2 aliphatic rings. The molecule has 1 N–H and O–H groups in total. The van der Waals surface area contributed by atoms with E-state index in [0.29, 0.717) is 29.9 Å². The fraction of sp³-hybridized carbons (Fsp3) is 0.938. The van der Waals surface area contributed by atoms with Crippen molar-refractivity contribution in [3.8, 4) is 0 Å². The Morgan fingerprint density at radius 1 is 1.33 bits per heavy atom. The molecule has 1 amide bonds. The summed E-state index contributed by atoms with van der Waals surface area (Å²) in [6.45, 7) is 6.87. The quantitative estimate of drug-likeness (QED) is 0.783. The standard InChI is InChI=1S/C16H30N2O2S/c1-4-12(3)14-16(19)18(10-11-21(20)5-2)15(17-14)13-8-6-7-9-13/h12-15,17H,4-11H2,1-3H3. The van der Waals surface area contributed by atoms with E-state index in [9.17, 15) is 9.00 Å². The molecule has 4 unspecified atom stereocenters. The molecule has 1 saturated carbocycles. The highest BCUT2D eigenvalue weighted by molar-refractivity contribution is 7.84. The molecule has 0 aromatic carbocycles. The molecule has 1 heterocycles. The average molecular weight is 314 g/mol. The minimum absolute atomic E-state index is 0.0457. The van der Waals surface area contributed by atoms with Gasteiger partial charge in [-0.3, -0.25) is 14.3 Å². The second-order valence-corrected chi connectivity index (χ2v) is 8.35. The van der Waals surface area contributed by atoms with E-state index in [4.69, 9.17) is 0 Å². The number of hydrogen-bond acceptors (Lipinski definition) is 3. The number of rotatable bonds is 7. The van der Waals surface area contributed by atoms with Gasteiger partial charge in [-0.05, 0) is 24.7 Å². The second-order valence-electron chi connectivity index (χ2n) is 6.48. The van der Waals surface area contributed by atoms with Crippen LogP contribution in [-0.2, 0) is 15.6 Å². The third-order valence-electron chi connectivity index (χ3n) is 5.18. The minimum atomic E-state index is -0.800. The fourth-order valence-electron chi connectivity index (χ4n) is 3.56. The second kappa shape index (κ2) is 7.73. The maximum Gasteiger partial charge on any atom is 0.241 e. The Morgan fingerprint density at radius 3 is 2.57 bits per heavy atom. The summed E-state index contributed by atoms with van der Waals surface area (Å²) in [5.41, 5.74) is 0. The molecular weight excluding hydrogens is 284 g/mol. The van der Waals surface area contributed by atoms with Crippen molar-refractivity contribution < 1.29 is 9.00 Å². The smallest absolute Gasteiger partial charge is 0.241 e. The Labute approximate surface area is 131 Å². The van der Waals surface area contributed by atoms with E-state index in [1.54, 1.807) is 0 Å². The van der Waals surface area contributed by atoms with Gasteiger partial charge in [0.25, 0.3) is 0 Å². The topological polar surface area (TPSA) is 49.4 Å². The Morgan fingerprint density at radius 2 is 2.00 bits per heavy atom. The summed E-state index contributed by atoms with van der Waals surface area (Å²) in [5, 5.41) is 3.60. The molecule has 5 heteroatoms. The lowest BCUT2D eigenvalue weighted by Gasteiger charge is -2.28. The Hall–Kier alpha value is -0.420. The summed E-state index contributed by atoms with van der Waals surface area (Å²) in [5.74, 6) is 2.47. The van der Waals surface area contributed by atoms with Crippen LogP contribution in [0.2, 0.25) is 0 Å². The van der Waals surface area contributed by atoms with E-state index in [1.807, 2.05) is 11.8 Å². The monoisotopic (exact) mass is 314 g/mol. The van der Waals surface area contributed by atoms with Crippen molar-refractivity contribution in [2.24, 2.45) is 11.8 Å². The average Bonchev–Trinajstić information content (AvgIpc) is 3.12. The molecule has 2 rings (SSSR count). The third kappa shape index (κ3) is 3.86. The number of carbonyl (C=O) groups excluding carboxylic acids is 1. The molecule has 0 aromatic heterocycles. The number of hydrogen-bond donors (Lipinski definition) is 1. The van der Waals surface area contributed by atoms with Crippen LogP contribution in [-0.4, -0.2) is 45.3 Å². The number of nitrogens with zero attached hydrogens (tertiary/aromatic N) is 1. The molecule has 4 atom stereocenters. The van der Waals surface area contributed by atoms with Crippen molar-refractivity contribution in [2.75, 3.05) is 18.1 Å². The summed E-state index contributed by atoms with van der Waals surface area (Å²) < 4.78 is 11.7. The van der Waals surface area contributed by atoms with E-state index in [0.717, 1.165) is 6.42 Å². The number of amides is 1. The van der Waals surface area contributed by atoms with Crippen LogP contribution >= 0.6 is 0 Å². The van der Waals surface area contributed by atoms with Gasteiger partial charge in [0.15, 0.2) is 0 Å². The van der Waals surface area contributed by atoms with Crippen LogP contribution in [0.25, 0.3) is 0 Å². The SMILES string of the molecule is CCC(C)C1NC(C2CCCC2)N(CCS(=O)CC)C1=O. The molecule has 0 spiro atoms. The molecule has 0 bridgehead atoms. The van der Waals surface area contributed by atoms with Crippen LogP contribution in [0, 0.1) is 11.8 Å². The van der Waals surface area contributed by atoms with Crippen molar-refractivity contribution in [2.45, 2.75) is 65.1 Å². The van der Waals surface area contributed by atoms with Gasteiger partial charge < -0.3 is 4.90 Å². The highest BCUT2D eigenvalue weighted by atomic mass is 32.2. The first-order chi connectivity index (χ1) is 10.1. The molecule has 2 fully saturated rings. The minimum Gasteiger partial charge on any atom is -0.325 e. The van der Waals surface area contributed by atoms with Gasteiger partial charge in [-0.15, -0.1) is 0 Å². The third-order valence-corrected chi connectivity index (χ3v) is 6.46. The van der Waals surface area contributed by atoms with Crippen LogP contribution in [0.3, 0.4) is 0 Å². The molecule has 1 saturated heterocycles. The van der Waals surface area contributed by atoms with Gasteiger partial charge in [-0.25, -0.2) is 0 Å². The highest BCUT2D eigenvalue weighted by Gasteiger charge is 2.44. The van der Waals surface area contributed by atoms with Crippen LogP contribution in [0.1, 0.15) is 52.9 Å². The number of carbonyl (C=O) groups is 1. The lowest BCUT2D eigenvalue weighted by atomic mass is 9.99. The molecule has 21 heavy (non-hydrogen) atoms. The van der Waals surface area contributed by atoms with E-state index in [-0.39, 0.29) is 18.1 Å². The summed E-state index contributed by atoms with van der Waals surface area (Å²) in [4.78, 5) is 14.7. The maximum absolute atomic E-state index is 12.7. The van der Waals surface area contributed by atoms with Crippen molar-refractivity contribution in [3.05, 3.63) is 0 Å². The van der Waals surface area contributed by atoms with Crippen molar-refractivity contribution >= 4 is 16.7 Å². The predicted octanol–water partition coefficient (Wildman–Crippen LogP) is 2.12.